The number of nitrogens with one attached hydrogen (secondary N) is 1. The molecule has 0 bridgehead atoms. The molecule has 2 nitrogen and oxygen atoms in total. The van der Waals surface area contributed by atoms with E-state index < -0.39 is 0 Å². The summed E-state index contributed by atoms with van der Waals surface area (Å²) in [5, 5.41) is 1.11. The molecule has 1 aromatic carbocycles. The van der Waals surface area contributed by atoms with Gasteiger partial charge >= 0.3 is 0 Å². The van der Waals surface area contributed by atoms with E-state index in [0.29, 0.717) is 0 Å². The number of aryl methyl sites for hydroxylation is 1. The zero-order valence-corrected chi connectivity index (χ0v) is 9.25. The Morgan fingerprint density at radius 3 is 2.85 bits per heavy atom. The fourth-order valence-electron chi connectivity index (χ4n) is 1.41. The Hall–Kier alpha value is -0.840. The first-order valence-corrected chi connectivity index (χ1v) is 5.04. The van der Waals surface area contributed by atoms with Crippen molar-refractivity contribution in [3.8, 4) is 0 Å². The number of hydrogen-bond acceptors (Lipinski definition) is 1. The molecule has 0 saturated heterocycles. The molecule has 0 aliphatic carbocycles. The Labute approximate surface area is 89.1 Å². The highest BCUT2D eigenvalue weighted by Crippen LogP contribution is 2.16. The van der Waals surface area contributed by atoms with Crippen molar-refractivity contribution < 1.29 is 0 Å². The second-order valence-corrected chi connectivity index (χ2v) is 4.25. The van der Waals surface area contributed by atoms with E-state index in [1.807, 2.05) is 25.1 Å². The van der Waals surface area contributed by atoms with E-state index in [9.17, 15) is 4.79 Å². The lowest BCUT2D eigenvalue weighted by atomic mass is 10.1. The average molecular weight is 285 g/mol. The summed E-state index contributed by atoms with van der Waals surface area (Å²) in [6.45, 7) is 1.95. The van der Waals surface area contributed by atoms with Gasteiger partial charge in [-0.2, -0.15) is 0 Å². The summed E-state index contributed by atoms with van der Waals surface area (Å²) >= 11 is 2.23. The molecule has 0 unspecified atom stereocenters. The van der Waals surface area contributed by atoms with Crippen molar-refractivity contribution in [3.63, 3.8) is 0 Å². The number of halogens is 1. The quantitative estimate of drug-likeness (QED) is 0.741. The number of pyridine rings is 1. The minimum atomic E-state index is -0.0352. The van der Waals surface area contributed by atoms with Gasteiger partial charge in [-0.25, -0.2) is 0 Å². The van der Waals surface area contributed by atoms with Gasteiger partial charge in [-0.05, 0) is 47.2 Å². The molecule has 0 aliphatic heterocycles. The van der Waals surface area contributed by atoms with Crippen molar-refractivity contribution in [1.29, 1.82) is 0 Å². The van der Waals surface area contributed by atoms with Gasteiger partial charge in [0.2, 0.25) is 5.56 Å². The molecule has 2 aromatic rings. The molecule has 2 rings (SSSR count). The van der Waals surface area contributed by atoms with Crippen LogP contribution in [0.5, 0.6) is 0 Å². The minimum Gasteiger partial charge on any atom is -0.322 e. The number of aromatic nitrogens is 1. The SMILES string of the molecule is Cc1cc(=O)[nH]c2cc(I)ccc12. The van der Waals surface area contributed by atoms with Crippen LogP contribution in [-0.4, -0.2) is 4.98 Å². The van der Waals surface area contributed by atoms with Gasteiger partial charge in [0.05, 0.1) is 0 Å². The maximum Gasteiger partial charge on any atom is 0.248 e. The van der Waals surface area contributed by atoms with Crippen LogP contribution in [0.2, 0.25) is 0 Å². The lowest BCUT2D eigenvalue weighted by Gasteiger charge is -2.00. The van der Waals surface area contributed by atoms with Gasteiger partial charge in [0.1, 0.15) is 0 Å². The Morgan fingerprint density at radius 2 is 2.08 bits per heavy atom. The molecule has 13 heavy (non-hydrogen) atoms. The summed E-state index contributed by atoms with van der Waals surface area (Å²) in [5.74, 6) is 0. The fourth-order valence-corrected chi connectivity index (χ4v) is 1.90. The third-order valence-corrected chi connectivity index (χ3v) is 2.68. The zero-order valence-electron chi connectivity index (χ0n) is 7.10. The standard InChI is InChI=1S/C10H8INO/c1-6-4-10(13)12-9-5-7(11)2-3-8(6)9/h2-5H,1H3,(H,12,13). The van der Waals surface area contributed by atoms with E-state index in [1.54, 1.807) is 6.07 Å². The molecule has 66 valence electrons. The van der Waals surface area contributed by atoms with Crippen LogP contribution in [0, 0.1) is 10.5 Å². The van der Waals surface area contributed by atoms with Crippen LogP contribution < -0.4 is 5.56 Å². The van der Waals surface area contributed by atoms with Gasteiger partial charge in [0.25, 0.3) is 0 Å². The highest BCUT2D eigenvalue weighted by molar-refractivity contribution is 14.1. The first-order chi connectivity index (χ1) is 6.16. The molecule has 0 spiro atoms. The third kappa shape index (κ3) is 1.60. The maximum absolute atomic E-state index is 11.2. The van der Waals surface area contributed by atoms with Gasteiger partial charge in [-0.3, -0.25) is 4.79 Å². The number of benzene rings is 1. The molecule has 1 N–H and O–H groups in total. The monoisotopic (exact) mass is 285 g/mol. The van der Waals surface area contributed by atoms with Crippen LogP contribution >= 0.6 is 22.6 Å². The van der Waals surface area contributed by atoms with Crippen LogP contribution in [0.3, 0.4) is 0 Å². The summed E-state index contributed by atoms with van der Waals surface area (Å²) in [4.78, 5) is 14.0. The van der Waals surface area contributed by atoms with E-state index in [2.05, 4.69) is 27.6 Å². The predicted octanol–water partition coefficient (Wildman–Crippen LogP) is 2.44. The summed E-state index contributed by atoms with van der Waals surface area (Å²) < 4.78 is 1.13. The van der Waals surface area contributed by atoms with Gasteiger partial charge < -0.3 is 4.98 Å². The van der Waals surface area contributed by atoms with Crippen molar-refractivity contribution in [3.05, 3.63) is 43.8 Å². The third-order valence-electron chi connectivity index (χ3n) is 2.01. The summed E-state index contributed by atoms with van der Waals surface area (Å²) in [6, 6.07) is 7.66. The largest absolute Gasteiger partial charge is 0.322 e. The molecule has 0 fully saturated rings. The maximum atomic E-state index is 11.2. The van der Waals surface area contributed by atoms with Gasteiger partial charge in [-0.15, -0.1) is 0 Å². The highest BCUT2D eigenvalue weighted by Gasteiger charge is 1.98. The zero-order chi connectivity index (χ0) is 9.42. The second-order valence-electron chi connectivity index (χ2n) is 3.01. The molecular weight excluding hydrogens is 277 g/mol. The molecule has 1 heterocycles. The number of fused-ring (bicyclic) bond motifs is 1. The Bertz CT molecular complexity index is 516. The van der Waals surface area contributed by atoms with Crippen LogP contribution in [0.25, 0.3) is 10.9 Å². The molecule has 0 saturated carbocycles. The van der Waals surface area contributed by atoms with E-state index >= 15 is 0 Å². The van der Waals surface area contributed by atoms with Crippen molar-refractivity contribution in [1.82, 2.24) is 4.98 Å². The van der Waals surface area contributed by atoms with E-state index in [1.165, 1.54) is 0 Å². The number of rotatable bonds is 0. The molecule has 0 atom stereocenters. The smallest absolute Gasteiger partial charge is 0.248 e. The van der Waals surface area contributed by atoms with Crippen LogP contribution in [-0.2, 0) is 0 Å². The Kier molecular flexibility index (Phi) is 2.11. The molecule has 0 radical (unpaired) electrons. The van der Waals surface area contributed by atoms with Crippen molar-refractivity contribution in [2.75, 3.05) is 0 Å². The lowest BCUT2D eigenvalue weighted by molar-refractivity contribution is 1.27. The topological polar surface area (TPSA) is 32.9 Å². The number of hydrogen-bond donors (Lipinski definition) is 1. The van der Waals surface area contributed by atoms with Crippen molar-refractivity contribution in [2.24, 2.45) is 0 Å². The predicted molar refractivity (Wildman–Crippen MR) is 62.0 cm³/mol. The molecular formula is C10H8INO. The average Bonchev–Trinajstić information content (AvgIpc) is 2.02. The normalized spacial score (nSPS) is 10.6. The Morgan fingerprint density at radius 1 is 1.31 bits per heavy atom. The number of H-pyrrole nitrogens is 1. The second kappa shape index (κ2) is 3.14. The van der Waals surface area contributed by atoms with Crippen molar-refractivity contribution in [2.45, 2.75) is 6.92 Å². The van der Waals surface area contributed by atoms with E-state index in [0.717, 1.165) is 20.0 Å². The van der Waals surface area contributed by atoms with Crippen LogP contribution in [0.1, 0.15) is 5.56 Å². The molecule has 0 aliphatic rings. The first-order valence-electron chi connectivity index (χ1n) is 3.96. The summed E-state index contributed by atoms with van der Waals surface area (Å²) in [6.07, 6.45) is 0. The van der Waals surface area contributed by atoms with Gasteiger partial charge in [0, 0.05) is 20.5 Å². The Balaban J connectivity index is 2.94. The first kappa shape index (κ1) is 8.74. The van der Waals surface area contributed by atoms with Gasteiger partial charge in [-0.1, -0.05) is 6.07 Å². The van der Waals surface area contributed by atoms with Crippen molar-refractivity contribution >= 4 is 33.5 Å². The lowest BCUT2D eigenvalue weighted by Crippen LogP contribution is -2.04. The fraction of sp³-hybridized carbons (Fsp3) is 0.100. The van der Waals surface area contributed by atoms with Crippen LogP contribution in [0.15, 0.2) is 29.1 Å². The number of aromatic amines is 1. The summed E-state index contributed by atoms with van der Waals surface area (Å²) in [7, 11) is 0. The molecule has 1 aromatic heterocycles. The highest BCUT2D eigenvalue weighted by atomic mass is 127. The molecule has 0 amide bonds. The van der Waals surface area contributed by atoms with E-state index in [4.69, 9.17) is 0 Å². The van der Waals surface area contributed by atoms with E-state index in [-0.39, 0.29) is 5.56 Å². The summed E-state index contributed by atoms with van der Waals surface area (Å²) in [5.41, 5.74) is 1.90. The van der Waals surface area contributed by atoms with Gasteiger partial charge in [0.15, 0.2) is 0 Å². The molecule has 3 heteroatoms. The van der Waals surface area contributed by atoms with Crippen LogP contribution in [0.4, 0.5) is 0 Å². The minimum absolute atomic E-state index is 0.0352.